The third-order valence-electron chi connectivity index (χ3n) is 3.62. The van der Waals surface area contributed by atoms with Crippen LogP contribution in [0.5, 0.6) is 5.75 Å². The minimum atomic E-state index is -0.973. The first kappa shape index (κ1) is 14.2. The molecule has 106 valence electrons. The van der Waals surface area contributed by atoms with Crippen LogP contribution in [0, 0.1) is 11.6 Å². The normalized spacial score (nSPS) is 25.6. The summed E-state index contributed by atoms with van der Waals surface area (Å²) in [6.45, 7) is 4.20. The van der Waals surface area contributed by atoms with Crippen LogP contribution >= 0.6 is 0 Å². The molecule has 2 unspecified atom stereocenters. The Morgan fingerprint density at radius 3 is 2.53 bits per heavy atom. The summed E-state index contributed by atoms with van der Waals surface area (Å²) < 4.78 is 43.2. The zero-order valence-electron chi connectivity index (χ0n) is 11.5. The Morgan fingerprint density at radius 1 is 1.26 bits per heavy atom. The number of rotatable bonds is 3. The highest BCUT2D eigenvalue weighted by atomic mass is 19.2. The van der Waals surface area contributed by atoms with Gasteiger partial charge in [-0.1, -0.05) is 6.07 Å². The second-order valence-corrected chi connectivity index (χ2v) is 5.16. The number of ether oxygens (including phenoxy) is 3. The van der Waals surface area contributed by atoms with Gasteiger partial charge >= 0.3 is 0 Å². The first-order chi connectivity index (χ1) is 8.92. The van der Waals surface area contributed by atoms with E-state index in [0.29, 0.717) is 12.2 Å². The standard InChI is InChI=1S/C14H18F2O3/c1-14(2)13(18-4)9(7-19-14)8-5-6-10(15)11(16)12(8)17-3/h5-6,9,13H,7H2,1-4H3. The molecule has 1 fully saturated rings. The first-order valence-electron chi connectivity index (χ1n) is 6.11. The fourth-order valence-electron chi connectivity index (χ4n) is 2.71. The van der Waals surface area contributed by atoms with Crippen molar-refractivity contribution in [1.29, 1.82) is 0 Å². The molecule has 0 aromatic heterocycles. The minimum absolute atomic E-state index is 0.0756. The van der Waals surface area contributed by atoms with Crippen molar-refractivity contribution in [3.05, 3.63) is 29.3 Å². The predicted molar refractivity (Wildman–Crippen MR) is 66.5 cm³/mol. The maximum atomic E-state index is 13.8. The van der Waals surface area contributed by atoms with Crippen LogP contribution in [0.1, 0.15) is 25.3 Å². The number of hydrogen-bond acceptors (Lipinski definition) is 3. The Bertz CT molecular complexity index is 474. The van der Waals surface area contributed by atoms with Crippen LogP contribution in [-0.2, 0) is 9.47 Å². The van der Waals surface area contributed by atoms with Gasteiger partial charge in [-0.15, -0.1) is 0 Å². The topological polar surface area (TPSA) is 27.7 Å². The van der Waals surface area contributed by atoms with Crippen LogP contribution in [0.15, 0.2) is 12.1 Å². The van der Waals surface area contributed by atoms with E-state index < -0.39 is 17.2 Å². The summed E-state index contributed by atoms with van der Waals surface area (Å²) in [4.78, 5) is 0. The monoisotopic (exact) mass is 272 g/mol. The lowest BCUT2D eigenvalue weighted by Gasteiger charge is -2.28. The van der Waals surface area contributed by atoms with Crippen molar-refractivity contribution in [3.8, 4) is 5.75 Å². The average molecular weight is 272 g/mol. The molecule has 0 N–H and O–H groups in total. The summed E-state index contributed by atoms with van der Waals surface area (Å²) >= 11 is 0. The van der Waals surface area contributed by atoms with E-state index in [1.807, 2.05) is 13.8 Å². The smallest absolute Gasteiger partial charge is 0.200 e. The van der Waals surface area contributed by atoms with Gasteiger partial charge in [0, 0.05) is 18.6 Å². The van der Waals surface area contributed by atoms with E-state index in [-0.39, 0.29) is 17.8 Å². The lowest BCUT2D eigenvalue weighted by atomic mass is 9.87. The van der Waals surface area contributed by atoms with Gasteiger partial charge in [0.1, 0.15) is 0 Å². The van der Waals surface area contributed by atoms with Gasteiger partial charge in [-0.3, -0.25) is 0 Å². The van der Waals surface area contributed by atoms with Gasteiger partial charge in [-0.05, 0) is 19.9 Å². The van der Waals surface area contributed by atoms with E-state index in [4.69, 9.17) is 14.2 Å². The van der Waals surface area contributed by atoms with Crippen molar-refractivity contribution in [2.24, 2.45) is 0 Å². The molecule has 0 spiro atoms. The van der Waals surface area contributed by atoms with E-state index in [0.717, 1.165) is 6.07 Å². The third-order valence-corrected chi connectivity index (χ3v) is 3.62. The first-order valence-corrected chi connectivity index (χ1v) is 6.11. The van der Waals surface area contributed by atoms with Crippen LogP contribution in [0.3, 0.4) is 0 Å². The van der Waals surface area contributed by atoms with Gasteiger partial charge in [0.25, 0.3) is 0 Å². The summed E-state index contributed by atoms with van der Waals surface area (Å²) in [5.41, 5.74) is 0.0915. The van der Waals surface area contributed by atoms with E-state index in [9.17, 15) is 8.78 Å². The van der Waals surface area contributed by atoms with E-state index >= 15 is 0 Å². The van der Waals surface area contributed by atoms with E-state index in [1.165, 1.54) is 13.2 Å². The molecule has 0 saturated carbocycles. The fraction of sp³-hybridized carbons (Fsp3) is 0.571. The highest BCUT2D eigenvalue weighted by molar-refractivity contribution is 5.40. The van der Waals surface area contributed by atoms with Crippen molar-refractivity contribution in [3.63, 3.8) is 0 Å². The van der Waals surface area contributed by atoms with Gasteiger partial charge in [0.05, 0.1) is 25.4 Å². The maximum absolute atomic E-state index is 13.8. The summed E-state index contributed by atoms with van der Waals surface area (Å²) in [5.74, 6) is -2.16. The van der Waals surface area contributed by atoms with Crippen molar-refractivity contribution < 1.29 is 23.0 Å². The Balaban J connectivity index is 2.45. The Kier molecular flexibility index (Phi) is 3.78. The zero-order chi connectivity index (χ0) is 14.2. The summed E-state index contributed by atoms with van der Waals surface area (Å²) in [6.07, 6.45) is -0.244. The van der Waals surface area contributed by atoms with Gasteiger partial charge in [-0.2, -0.15) is 4.39 Å². The van der Waals surface area contributed by atoms with Crippen LogP contribution in [-0.4, -0.2) is 32.5 Å². The molecule has 1 aliphatic heterocycles. The Hall–Kier alpha value is -1.20. The minimum Gasteiger partial charge on any atom is -0.493 e. The lowest BCUT2D eigenvalue weighted by molar-refractivity contribution is -0.0480. The molecule has 1 saturated heterocycles. The Morgan fingerprint density at radius 2 is 1.95 bits per heavy atom. The van der Waals surface area contributed by atoms with Crippen molar-refractivity contribution in [2.75, 3.05) is 20.8 Å². The van der Waals surface area contributed by atoms with Gasteiger partial charge in [0.2, 0.25) is 5.82 Å². The van der Waals surface area contributed by atoms with Gasteiger partial charge < -0.3 is 14.2 Å². The van der Waals surface area contributed by atoms with Crippen LogP contribution in [0.25, 0.3) is 0 Å². The second kappa shape index (κ2) is 5.06. The molecule has 0 radical (unpaired) electrons. The van der Waals surface area contributed by atoms with E-state index in [2.05, 4.69) is 0 Å². The number of benzene rings is 1. The van der Waals surface area contributed by atoms with Crippen LogP contribution in [0.2, 0.25) is 0 Å². The van der Waals surface area contributed by atoms with Gasteiger partial charge in [-0.25, -0.2) is 4.39 Å². The number of methoxy groups -OCH3 is 2. The van der Waals surface area contributed by atoms with Crippen molar-refractivity contribution in [1.82, 2.24) is 0 Å². The molecule has 1 aromatic rings. The molecule has 0 aliphatic carbocycles. The molecule has 0 amide bonds. The molecule has 1 aliphatic rings. The molecule has 2 atom stereocenters. The van der Waals surface area contributed by atoms with Crippen molar-refractivity contribution in [2.45, 2.75) is 31.5 Å². The third kappa shape index (κ3) is 2.32. The summed E-state index contributed by atoms with van der Waals surface area (Å²) in [7, 11) is 2.91. The number of halogens is 2. The second-order valence-electron chi connectivity index (χ2n) is 5.16. The lowest BCUT2D eigenvalue weighted by Crippen LogP contribution is -2.36. The molecule has 3 nitrogen and oxygen atoms in total. The summed E-state index contributed by atoms with van der Waals surface area (Å²) in [5, 5.41) is 0. The highest BCUT2D eigenvalue weighted by Crippen LogP contribution is 2.42. The predicted octanol–water partition coefficient (Wildman–Crippen LogP) is 2.88. The fourth-order valence-corrected chi connectivity index (χ4v) is 2.71. The van der Waals surface area contributed by atoms with E-state index in [1.54, 1.807) is 7.11 Å². The van der Waals surface area contributed by atoms with Crippen LogP contribution < -0.4 is 4.74 Å². The van der Waals surface area contributed by atoms with Crippen LogP contribution in [0.4, 0.5) is 8.78 Å². The molecule has 2 rings (SSSR count). The van der Waals surface area contributed by atoms with Gasteiger partial charge in [0.15, 0.2) is 11.6 Å². The summed E-state index contributed by atoms with van der Waals surface area (Å²) in [6, 6.07) is 2.63. The molecule has 1 aromatic carbocycles. The van der Waals surface area contributed by atoms with Crippen molar-refractivity contribution >= 4 is 0 Å². The molecule has 1 heterocycles. The Labute approximate surface area is 111 Å². The molecule has 0 bridgehead atoms. The number of hydrogen-bond donors (Lipinski definition) is 0. The maximum Gasteiger partial charge on any atom is 0.200 e. The SMILES string of the molecule is COc1c(C2COC(C)(C)C2OC)ccc(F)c1F. The average Bonchev–Trinajstić information content (AvgIpc) is 2.67. The molecular weight excluding hydrogens is 254 g/mol. The molecular formula is C14H18F2O3. The largest absolute Gasteiger partial charge is 0.493 e. The molecule has 5 heteroatoms. The highest BCUT2D eigenvalue weighted by Gasteiger charge is 2.45. The molecule has 19 heavy (non-hydrogen) atoms. The quantitative estimate of drug-likeness (QED) is 0.846. The zero-order valence-corrected chi connectivity index (χ0v) is 11.5.